The number of rotatable bonds is 6. The van der Waals surface area contributed by atoms with Crippen LogP contribution in [0.5, 0.6) is 0 Å². The Morgan fingerprint density at radius 1 is 1.00 bits per heavy atom. The van der Waals surface area contributed by atoms with Gasteiger partial charge in [0.05, 0.1) is 16.8 Å². The maximum Gasteiger partial charge on any atom is 0.253 e. The smallest absolute Gasteiger partial charge is 0.253 e. The Morgan fingerprint density at radius 3 is 2.70 bits per heavy atom. The SMILES string of the molecule is Cc1cc(Nc2ccccc2C(=O)NCCN2CC[C@@H]3CCCC[C@@H]3C2)c2ccccc2n1. The number of hydrogen-bond donors (Lipinski definition) is 2. The summed E-state index contributed by atoms with van der Waals surface area (Å²) in [6.07, 6.45) is 6.94. The van der Waals surface area contributed by atoms with Crippen LogP contribution in [-0.2, 0) is 0 Å². The van der Waals surface area contributed by atoms with E-state index in [0.717, 1.165) is 46.4 Å². The number of fused-ring (bicyclic) bond motifs is 2. The van der Waals surface area contributed by atoms with Gasteiger partial charge in [-0.15, -0.1) is 0 Å². The van der Waals surface area contributed by atoms with Crippen LogP contribution in [0.2, 0.25) is 0 Å². The van der Waals surface area contributed by atoms with Gasteiger partial charge in [-0.25, -0.2) is 0 Å². The third-order valence-corrected chi connectivity index (χ3v) is 7.37. The van der Waals surface area contributed by atoms with Crippen LogP contribution in [0.3, 0.4) is 0 Å². The lowest BCUT2D eigenvalue weighted by Gasteiger charge is -2.41. The quantitative estimate of drug-likeness (QED) is 0.527. The van der Waals surface area contributed by atoms with E-state index in [-0.39, 0.29) is 5.91 Å². The molecule has 2 aliphatic rings. The molecule has 2 N–H and O–H groups in total. The van der Waals surface area contributed by atoms with Crippen molar-refractivity contribution < 1.29 is 4.79 Å². The van der Waals surface area contributed by atoms with E-state index in [0.29, 0.717) is 12.1 Å². The van der Waals surface area contributed by atoms with Crippen molar-refractivity contribution in [2.24, 2.45) is 11.8 Å². The molecule has 172 valence electrons. The third-order valence-electron chi connectivity index (χ3n) is 7.37. The molecular weight excluding hydrogens is 408 g/mol. The predicted molar refractivity (Wildman–Crippen MR) is 135 cm³/mol. The van der Waals surface area contributed by atoms with Crippen molar-refractivity contribution in [1.29, 1.82) is 0 Å². The Balaban J connectivity index is 1.23. The number of piperidine rings is 1. The molecule has 0 radical (unpaired) electrons. The van der Waals surface area contributed by atoms with E-state index in [4.69, 9.17) is 0 Å². The molecule has 0 bridgehead atoms. The number of nitrogens with zero attached hydrogens (tertiary/aromatic N) is 2. The molecule has 1 amide bonds. The molecule has 2 heterocycles. The van der Waals surface area contributed by atoms with Gasteiger partial charge in [-0.3, -0.25) is 9.78 Å². The van der Waals surface area contributed by atoms with E-state index in [1.54, 1.807) is 0 Å². The molecule has 0 unspecified atom stereocenters. The van der Waals surface area contributed by atoms with E-state index >= 15 is 0 Å². The molecule has 5 heteroatoms. The van der Waals surface area contributed by atoms with Crippen LogP contribution < -0.4 is 10.6 Å². The van der Waals surface area contributed by atoms with Crippen LogP contribution in [-0.4, -0.2) is 42.0 Å². The van der Waals surface area contributed by atoms with Crippen LogP contribution in [0.15, 0.2) is 54.6 Å². The van der Waals surface area contributed by atoms with E-state index in [1.807, 2.05) is 55.5 Å². The predicted octanol–water partition coefficient (Wildman–Crippen LogP) is 5.53. The van der Waals surface area contributed by atoms with Crippen molar-refractivity contribution in [3.63, 3.8) is 0 Å². The van der Waals surface area contributed by atoms with Crippen molar-refractivity contribution in [3.8, 4) is 0 Å². The van der Waals surface area contributed by atoms with Crippen molar-refractivity contribution in [1.82, 2.24) is 15.2 Å². The molecule has 1 saturated heterocycles. The normalized spacial score (nSPS) is 20.9. The molecule has 3 aromatic rings. The Labute approximate surface area is 196 Å². The molecule has 1 aliphatic carbocycles. The number of aryl methyl sites for hydroxylation is 1. The highest BCUT2D eigenvalue weighted by Gasteiger charge is 2.30. The Kier molecular flexibility index (Phi) is 6.58. The maximum absolute atomic E-state index is 13.1. The summed E-state index contributed by atoms with van der Waals surface area (Å²) in [7, 11) is 0. The highest BCUT2D eigenvalue weighted by molar-refractivity contribution is 6.02. The molecule has 0 spiro atoms. The van der Waals surface area contributed by atoms with Crippen molar-refractivity contribution in [2.75, 3.05) is 31.5 Å². The van der Waals surface area contributed by atoms with Gasteiger partial charge in [-0.2, -0.15) is 0 Å². The summed E-state index contributed by atoms with van der Waals surface area (Å²) < 4.78 is 0. The van der Waals surface area contributed by atoms with Crippen molar-refractivity contribution >= 4 is 28.2 Å². The number of amides is 1. The van der Waals surface area contributed by atoms with E-state index in [1.165, 1.54) is 45.2 Å². The fourth-order valence-electron chi connectivity index (χ4n) is 5.65. The van der Waals surface area contributed by atoms with Crippen molar-refractivity contribution in [3.05, 3.63) is 65.9 Å². The van der Waals surface area contributed by atoms with Gasteiger partial charge in [-0.05, 0) is 62.4 Å². The zero-order valence-electron chi connectivity index (χ0n) is 19.5. The number of hydrogen-bond acceptors (Lipinski definition) is 4. The minimum absolute atomic E-state index is 0.0271. The molecule has 33 heavy (non-hydrogen) atoms. The molecule has 2 fully saturated rings. The zero-order valence-corrected chi connectivity index (χ0v) is 19.5. The number of anilines is 2. The van der Waals surface area contributed by atoms with Crippen LogP contribution >= 0.6 is 0 Å². The second-order valence-electron chi connectivity index (χ2n) is 9.65. The number of para-hydroxylation sites is 2. The number of nitrogens with one attached hydrogen (secondary N) is 2. The first-order valence-corrected chi connectivity index (χ1v) is 12.4. The van der Waals surface area contributed by atoms with Gasteiger partial charge < -0.3 is 15.5 Å². The van der Waals surface area contributed by atoms with Gasteiger partial charge in [0.1, 0.15) is 0 Å². The second kappa shape index (κ2) is 9.92. The first kappa shape index (κ1) is 21.9. The van der Waals surface area contributed by atoms with Gasteiger partial charge in [0.25, 0.3) is 5.91 Å². The van der Waals surface area contributed by atoms with Gasteiger partial charge in [0, 0.05) is 36.4 Å². The summed E-state index contributed by atoms with van der Waals surface area (Å²) in [6, 6.07) is 17.9. The van der Waals surface area contributed by atoms with Crippen LogP contribution in [0, 0.1) is 18.8 Å². The first-order chi connectivity index (χ1) is 16.2. The number of carbonyl (C=O) groups is 1. The average Bonchev–Trinajstić information content (AvgIpc) is 2.84. The summed E-state index contributed by atoms with van der Waals surface area (Å²) in [5.41, 5.74) is 4.34. The van der Waals surface area contributed by atoms with Gasteiger partial charge in [0.2, 0.25) is 0 Å². The topological polar surface area (TPSA) is 57.3 Å². The molecule has 1 saturated carbocycles. The van der Waals surface area contributed by atoms with Crippen LogP contribution in [0.4, 0.5) is 11.4 Å². The minimum atomic E-state index is -0.0271. The Hall–Kier alpha value is -2.92. The van der Waals surface area contributed by atoms with E-state index in [9.17, 15) is 4.79 Å². The highest BCUT2D eigenvalue weighted by atomic mass is 16.1. The maximum atomic E-state index is 13.1. The monoisotopic (exact) mass is 442 g/mol. The zero-order chi connectivity index (χ0) is 22.6. The lowest BCUT2D eigenvalue weighted by atomic mass is 9.75. The van der Waals surface area contributed by atoms with Crippen LogP contribution in [0.25, 0.3) is 10.9 Å². The fraction of sp³-hybridized carbons (Fsp3) is 0.429. The second-order valence-corrected chi connectivity index (χ2v) is 9.65. The van der Waals surface area contributed by atoms with Gasteiger partial charge in [0.15, 0.2) is 0 Å². The molecular formula is C28H34N4O. The summed E-state index contributed by atoms with van der Waals surface area (Å²) in [5, 5.41) is 7.70. The number of aromatic nitrogens is 1. The summed E-state index contributed by atoms with van der Waals surface area (Å²) in [5.74, 6) is 1.78. The molecule has 5 nitrogen and oxygen atoms in total. The Bertz CT molecular complexity index is 1130. The van der Waals surface area contributed by atoms with E-state index < -0.39 is 0 Å². The van der Waals surface area contributed by atoms with Crippen molar-refractivity contribution in [2.45, 2.75) is 39.0 Å². The number of pyridine rings is 1. The first-order valence-electron chi connectivity index (χ1n) is 12.4. The molecule has 5 rings (SSSR count). The number of carbonyl (C=O) groups excluding carboxylic acids is 1. The molecule has 2 atom stereocenters. The minimum Gasteiger partial charge on any atom is -0.354 e. The summed E-state index contributed by atoms with van der Waals surface area (Å²) in [6.45, 7) is 5.98. The molecule has 1 aliphatic heterocycles. The number of benzene rings is 2. The standard InChI is InChI=1S/C28H34N4O/c1-20-18-27(23-10-4-6-12-25(23)30-20)31-26-13-7-5-11-24(26)28(33)29-15-17-32-16-14-21-8-2-3-9-22(21)19-32/h4-7,10-13,18,21-22H,2-3,8-9,14-17,19H2,1H3,(H,29,33)(H,30,31)/t21-,22+/m0/s1. The van der Waals surface area contributed by atoms with E-state index in [2.05, 4.69) is 26.6 Å². The lowest BCUT2D eigenvalue weighted by Crippen LogP contribution is -2.44. The summed E-state index contributed by atoms with van der Waals surface area (Å²) in [4.78, 5) is 20.2. The lowest BCUT2D eigenvalue weighted by molar-refractivity contribution is 0.0833. The van der Waals surface area contributed by atoms with Gasteiger partial charge in [-0.1, -0.05) is 49.6 Å². The summed E-state index contributed by atoms with van der Waals surface area (Å²) >= 11 is 0. The number of likely N-dealkylation sites (tertiary alicyclic amines) is 1. The fourth-order valence-corrected chi connectivity index (χ4v) is 5.65. The van der Waals surface area contributed by atoms with Gasteiger partial charge >= 0.3 is 0 Å². The average molecular weight is 443 g/mol. The Morgan fingerprint density at radius 2 is 1.79 bits per heavy atom. The highest BCUT2D eigenvalue weighted by Crippen LogP contribution is 2.35. The molecule has 2 aromatic carbocycles. The third kappa shape index (κ3) is 5.03. The van der Waals surface area contributed by atoms with Crippen LogP contribution in [0.1, 0.15) is 48.2 Å². The largest absolute Gasteiger partial charge is 0.354 e. The molecule has 1 aromatic heterocycles.